The summed E-state index contributed by atoms with van der Waals surface area (Å²) in [5.41, 5.74) is 0. The Morgan fingerprint density at radius 2 is 1.89 bits per heavy atom. The third-order valence-corrected chi connectivity index (χ3v) is 4.66. The summed E-state index contributed by atoms with van der Waals surface area (Å²) in [4.78, 5) is 14.7. The third-order valence-electron chi connectivity index (χ3n) is 4.66. The highest BCUT2D eigenvalue weighted by Gasteiger charge is 2.27. The summed E-state index contributed by atoms with van der Waals surface area (Å²) < 4.78 is 0. The Balaban J connectivity index is 1.83. The summed E-state index contributed by atoms with van der Waals surface area (Å²) in [6, 6.07) is 0.719. The Bertz CT molecular complexity index is 287. The van der Waals surface area contributed by atoms with Gasteiger partial charge in [-0.2, -0.15) is 0 Å². The molecule has 0 aliphatic carbocycles. The van der Waals surface area contributed by atoms with Gasteiger partial charge in [-0.3, -0.25) is 9.69 Å². The molecule has 0 radical (unpaired) electrons. The van der Waals surface area contributed by atoms with Crippen LogP contribution in [0, 0.1) is 0 Å². The van der Waals surface area contributed by atoms with Gasteiger partial charge in [0.15, 0.2) is 0 Å². The monoisotopic (exact) mass is 267 g/mol. The molecule has 2 rings (SSSR count). The second-order valence-corrected chi connectivity index (χ2v) is 6.13. The molecule has 19 heavy (non-hydrogen) atoms. The molecule has 2 N–H and O–H groups in total. The van der Waals surface area contributed by atoms with Gasteiger partial charge in [0.1, 0.15) is 0 Å². The molecule has 0 aromatic rings. The van der Waals surface area contributed by atoms with Crippen molar-refractivity contribution in [2.45, 2.75) is 70.5 Å². The number of amides is 1. The Hall–Kier alpha value is -0.610. The van der Waals surface area contributed by atoms with Crippen LogP contribution in [-0.4, -0.2) is 48.6 Å². The van der Waals surface area contributed by atoms with E-state index in [1.54, 1.807) is 0 Å². The van der Waals surface area contributed by atoms with Crippen molar-refractivity contribution in [2.75, 3.05) is 19.6 Å². The molecule has 2 fully saturated rings. The highest BCUT2D eigenvalue weighted by molar-refractivity contribution is 5.81. The van der Waals surface area contributed by atoms with Crippen molar-refractivity contribution in [1.82, 2.24) is 15.5 Å². The standard InChI is InChI=1S/C15H29N3O/c1-12-14(8-7-9-16-12)17-15(19)13(2)18-10-5-3-4-6-11-18/h12-14,16H,3-11H2,1-2H3,(H,17,19). The molecular weight excluding hydrogens is 238 g/mol. The first-order chi connectivity index (χ1) is 9.18. The van der Waals surface area contributed by atoms with Gasteiger partial charge in [0.05, 0.1) is 6.04 Å². The van der Waals surface area contributed by atoms with Crippen molar-refractivity contribution < 1.29 is 4.79 Å². The molecule has 110 valence electrons. The van der Waals surface area contributed by atoms with Crippen LogP contribution < -0.4 is 10.6 Å². The maximum absolute atomic E-state index is 12.4. The number of hydrogen-bond acceptors (Lipinski definition) is 3. The van der Waals surface area contributed by atoms with E-state index in [0.29, 0.717) is 12.1 Å². The van der Waals surface area contributed by atoms with Crippen LogP contribution in [0.4, 0.5) is 0 Å². The molecular formula is C15H29N3O. The number of carbonyl (C=O) groups is 1. The van der Waals surface area contributed by atoms with E-state index in [-0.39, 0.29) is 11.9 Å². The molecule has 0 aromatic carbocycles. The normalized spacial score (nSPS) is 31.5. The van der Waals surface area contributed by atoms with E-state index < -0.39 is 0 Å². The molecule has 4 heteroatoms. The summed E-state index contributed by atoms with van der Waals surface area (Å²) >= 11 is 0. The van der Waals surface area contributed by atoms with Gasteiger partial charge in [-0.1, -0.05) is 12.8 Å². The molecule has 2 aliphatic heterocycles. The van der Waals surface area contributed by atoms with Gasteiger partial charge >= 0.3 is 0 Å². The maximum Gasteiger partial charge on any atom is 0.237 e. The number of piperidine rings is 1. The van der Waals surface area contributed by atoms with Crippen molar-refractivity contribution in [3.63, 3.8) is 0 Å². The lowest BCUT2D eigenvalue weighted by Crippen LogP contribution is -2.56. The van der Waals surface area contributed by atoms with E-state index in [1.165, 1.54) is 25.7 Å². The molecule has 3 unspecified atom stereocenters. The lowest BCUT2D eigenvalue weighted by atomic mass is 9.99. The van der Waals surface area contributed by atoms with E-state index in [2.05, 4.69) is 29.4 Å². The van der Waals surface area contributed by atoms with Gasteiger partial charge in [-0.05, 0) is 59.2 Å². The molecule has 0 bridgehead atoms. The second kappa shape index (κ2) is 7.25. The van der Waals surface area contributed by atoms with Crippen molar-refractivity contribution in [3.05, 3.63) is 0 Å². The molecule has 1 amide bonds. The quantitative estimate of drug-likeness (QED) is 0.814. The van der Waals surface area contributed by atoms with Gasteiger partial charge in [-0.15, -0.1) is 0 Å². The number of nitrogens with zero attached hydrogens (tertiary/aromatic N) is 1. The van der Waals surface area contributed by atoms with Crippen LogP contribution >= 0.6 is 0 Å². The van der Waals surface area contributed by atoms with E-state index >= 15 is 0 Å². The lowest BCUT2D eigenvalue weighted by molar-refractivity contribution is -0.127. The van der Waals surface area contributed by atoms with E-state index in [1.807, 2.05) is 0 Å². The number of carbonyl (C=O) groups excluding carboxylic acids is 1. The molecule has 0 spiro atoms. The average molecular weight is 267 g/mol. The molecule has 0 saturated carbocycles. The van der Waals surface area contributed by atoms with Crippen LogP contribution in [0.5, 0.6) is 0 Å². The van der Waals surface area contributed by atoms with Crippen molar-refractivity contribution in [1.29, 1.82) is 0 Å². The predicted molar refractivity (Wildman–Crippen MR) is 78.1 cm³/mol. The van der Waals surface area contributed by atoms with Gasteiger partial charge in [0.25, 0.3) is 0 Å². The summed E-state index contributed by atoms with van der Waals surface area (Å²) in [7, 11) is 0. The van der Waals surface area contributed by atoms with E-state index in [4.69, 9.17) is 0 Å². The summed E-state index contributed by atoms with van der Waals surface area (Å²) in [5, 5.41) is 6.68. The molecule has 0 aromatic heterocycles. The summed E-state index contributed by atoms with van der Waals surface area (Å²) in [6.45, 7) is 7.46. The van der Waals surface area contributed by atoms with Gasteiger partial charge in [-0.25, -0.2) is 0 Å². The SMILES string of the molecule is CC1NCCCC1NC(=O)C(C)N1CCCCCC1. The van der Waals surface area contributed by atoms with Gasteiger partial charge in [0.2, 0.25) is 5.91 Å². The van der Waals surface area contributed by atoms with Crippen LogP contribution in [0.2, 0.25) is 0 Å². The fourth-order valence-corrected chi connectivity index (χ4v) is 3.19. The van der Waals surface area contributed by atoms with Crippen molar-refractivity contribution in [2.24, 2.45) is 0 Å². The topological polar surface area (TPSA) is 44.4 Å². The Labute approximate surface area is 117 Å². The zero-order valence-corrected chi connectivity index (χ0v) is 12.5. The van der Waals surface area contributed by atoms with Crippen LogP contribution in [0.15, 0.2) is 0 Å². The van der Waals surface area contributed by atoms with Crippen LogP contribution in [0.1, 0.15) is 52.4 Å². The fourth-order valence-electron chi connectivity index (χ4n) is 3.19. The lowest BCUT2D eigenvalue weighted by Gasteiger charge is -2.33. The third kappa shape index (κ3) is 4.18. The van der Waals surface area contributed by atoms with Crippen molar-refractivity contribution in [3.8, 4) is 0 Å². The summed E-state index contributed by atoms with van der Waals surface area (Å²) in [5.74, 6) is 0.211. The molecule has 3 atom stereocenters. The minimum absolute atomic E-state index is 0.0206. The largest absolute Gasteiger partial charge is 0.350 e. The first kappa shape index (κ1) is 14.8. The van der Waals surface area contributed by atoms with Gasteiger partial charge in [0, 0.05) is 12.1 Å². The number of rotatable bonds is 3. The van der Waals surface area contributed by atoms with Gasteiger partial charge < -0.3 is 10.6 Å². The first-order valence-electron chi connectivity index (χ1n) is 7.96. The number of nitrogens with one attached hydrogen (secondary N) is 2. The van der Waals surface area contributed by atoms with Crippen LogP contribution in [0.3, 0.4) is 0 Å². The molecule has 2 aliphatic rings. The first-order valence-corrected chi connectivity index (χ1v) is 7.96. The Kier molecular flexibility index (Phi) is 5.64. The molecule has 2 heterocycles. The number of hydrogen-bond donors (Lipinski definition) is 2. The van der Waals surface area contributed by atoms with Crippen molar-refractivity contribution >= 4 is 5.91 Å². The molecule has 4 nitrogen and oxygen atoms in total. The maximum atomic E-state index is 12.4. The smallest absolute Gasteiger partial charge is 0.237 e. The minimum atomic E-state index is 0.0206. The van der Waals surface area contributed by atoms with E-state index in [0.717, 1.165) is 32.5 Å². The second-order valence-electron chi connectivity index (χ2n) is 6.13. The fraction of sp³-hybridized carbons (Fsp3) is 0.933. The summed E-state index contributed by atoms with van der Waals surface area (Å²) in [6.07, 6.45) is 7.36. The van der Waals surface area contributed by atoms with Crippen LogP contribution in [-0.2, 0) is 4.79 Å². The van der Waals surface area contributed by atoms with E-state index in [9.17, 15) is 4.79 Å². The zero-order valence-electron chi connectivity index (χ0n) is 12.5. The predicted octanol–water partition coefficient (Wildman–Crippen LogP) is 1.51. The van der Waals surface area contributed by atoms with Crippen LogP contribution in [0.25, 0.3) is 0 Å². The highest BCUT2D eigenvalue weighted by atomic mass is 16.2. The highest BCUT2D eigenvalue weighted by Crippen LogP contribution is 2.14. The Morgan fingerprint density at radius 3 is 2.53 bits per heavy atom. The molecule has 2 saturated heterocycles. The zero-order chi connectivity index (χ0) is 13.7. The number of likely N-dealkylation sites (tertiary alicyclic amines) is 1. The average Bonchev–Trinajstić information content (AvgIpc) is 2.69. The Morgan fingerprint density at radius 1 is 1.21 bits per heavy atom. The minimum Gasteiger partial charge on any atom is -0.350 e.